The van der Waals surface area contributed by atoms with E-state index < -0.39 is 0 Å². The molecular formula is C69H75BN4. The van der Waals surface area contributed by atoms with Crippen LogP contribution in [0.5, 0.6) is 0 Å². The molecule has 1 aromatic heterocycles. The van der Waals surface area contributed by atoms with Crippen LogP contribution in [0, 0.1) is 0 Å². The van der Waals surface area contributed by atoms with Gasteiger partial charge in [-0.1, -0.05) is 189 Å². The van der Waals surface area contributed by atoms with Gasteiger partial charge in [0, 0.05) is 63.1 Å². The van der Waals surface area contributed by atoms with E-state index in [4.69, 9.17) is 0 Å². The predicted molar refractivity (Wildman–Crippen MR) is 323 cm³/mol. The molecular weight excluding hydrogens is 896 g/mol. The number of para-hydroxylation sites is 1. The summed E-state index contributed by atoms with van der Waals surface area (Å²) in [6, 6.07) is 63.5. The molecule has 0 spiro atoms. The highest BCUT2D eigenvalue weighted by atomic mass is 15.2. The van der Waals surface area contributed by atoms with E-state index in [-0.39, 0.29) is 33.8 Å². The predicted octanol–water partition coefficient (Wildman–Crippen LogP) is 17.4. The van der Waals surface area contributed by atoms with Crippen molar-refractivity contribution in [3.63, 3.8) is 0 Å². The number of hydrogen-bond acceptors (Lipinski definition) is 3. The van der Waals surface area contributed by atoms with Crippen LogP contribution in [0.15, 0.2) is 164 Å². The van der Waals surface area contributed by atoms with Crippen molar-refractivity contribution < 1.29 is 0 Å². The largest absolute Gasteiger partial charge is 0.342 e. The van der Waals surface area contributed by atoms with Crippen LogP contribution in [-0.4, -0.2) is 11.3 Å². The zero-order valence-electron chi connectivity index (χ0n) is 47.0. The SMILES string of the molecule is Cn1c2ccccc2c2c(N(c3ccc(C(C)(C)C)cc3)c3ccc(C(C)(C)C)cc3)cc3c(c21)N(c1ccc(C(C)(C)C)cc1)c1cccc2c1B3c1cc(C(C)(C)C)ccc1N2c1ccc(C(C)(C)C)cc1. The van der Waals surface area contributed by atoms with Crippen molar-refractivity contribution in [2.24, 2.45) is 7.05 Å². The Morgan fingerprint density at radius 1 is 0.392 bits per heavy atom. The Balaban J connectivity index is 1.30. The van der Waals surface area contributed by atoms with Crippen LogP contribution in [0.1, 0.15) is 132 Å². The second kappa shape index (κ2) is 17.0. The molecule has 0 N–H and O–H groups in total. The molecule has 3 heterocycles. The number of anilines is 9. The minimum atomic E-state index is -0.0988. The first kappa shape index (κ1) is 49.2. The molecule has 9 aromatic rings. The lowest BCUT2D eigenvalue weighted by Gasteiger charge is -2.45. The minimum absolute atomic E-state index is 0.00446. The molecule has 5 heteroatoms. The summed E-state index contributed by atoms with van der Waals surface area (Å²) in [5.74, 6) is 0. The summed E-state index contributed by atoms with van der Waals surface area (Å²) < 4.78 is 2.49. The van der Waals surface area contributed by atoms with Gasteiger partial charge in [-0.25, -0.2) is 0 Å². The Kier molecular flexibility index (Phi) is 11.3. The molecule has 0 aliphatic carbocycles. The first-order valence-corrected chi connectivity index (χ1v) is 26.9. The number of aryl methyl sites for hydroxylation is 1. The summed E-state index contributed by atoms with van der Waals surface area (Å²) in [6.45, 7) is 34.6. The maximum absolute atomic E-state index is 2.61. The van der Waals surface area contributed by atoms with Crippen molar-refractivity contribution in [1.29, 1.82) is 0 Å². The Labute approximate surface area is 442 Å². The maximum Gasteiger partial charge on any atom is 0.252 e. The first-order chi connectivity index (χ1) is 34.8. The molecule has 74 heavy (non-hydrogen) atoms. The van der Waals surface area contributed by atoms with Crippen molar-refractivity contribution in [2.45, 2.75) is 131 Å². The quantitative estimate of drug-likeness (QED) is 0.160. The van der Waals surface area contributed by atoms with Gasteiger partial charge < -0.3 is 19.3 Å². The third-order valence-corrected chi connectivity index (χ3v) is 16.2. The Hall–Kier alpha value is -6.98. The summed E-state index contributed by atoms with van der Waals surface area (Å²) in [5, 5.41) is 2.47. The summed E-state index contributed by atoms with van der Waals surface area (Å²) in [7, 11) is 2.29. The van der Waals surface area contributed by atoms with Crippen LogP contribution in [0.25, 0.3) is 21.8 Å². The highest BCUT2D eigenvalue weighted by molar-refractivity contribution is 7.00. The van der Waals surface area contributed by atoms with E-state index in [0.29, 0.717) is 0 Å². The van der Waals surface area contributed by atoms with Crippen molar-refractivity contribution in [3.05, 3.63) is 192 Å². The molecule has 11 rings (SSSR count). The van der Waals surface area contributed by atoms with Crippen LogP contribution >= 0.6 is 0 Å². The number of aromatic nitrogens is 1. The normalized spacial score (nSPS) is 13.9. The zero-order chi connectivity index (χ0) is 52.6. The van der Waals surface area contributed by atoms with E-state index in [1.54, 1.807) is 0 Å². The van der Waals surface area contributed by atoms with E-state index in [0.717, 1.165) is 22.7 Å². The van der Waals surface area contributed by atoms with Crippen LogP contribution in [0.2, 0.25) is 0 Å². The van der Waals surface area contributed by atoms with E-state index in [9.17, 15) is 0 Å². The van der Waals surface area contributed by atoms with Crippen LogP contribution in [0.3, 0.4) is 0 Å². The molecule has 4 nitrogen and oxygen atoms in total. The fraction of sp³-hybridized carbons (Fsp3) is 0.304. The van der Waals surface area contributed by atoms with E-state index in [1.807, 2.05) is 0 Å². The molecule has 0 bridgehead atoms. The van der Waals surface area contributed by atoms with Crippen molar-refractivity contribution >= 4 is 96.1 Å². The third kappa shape index (κ3) is 8.13. The molecule has 0 atom stereocenters. The van der Waals surface area contributed by atoms with E-state index in [2.05, 4.69) is 294 Å². The smallest absolute Gasteiger partial charge is 0.252 e. The second-order valence-electron chi connectivity index (χ2n) is 26.5. The summed E-state index contributed by atoms with van der Waals surface area (Å²) in [4.78, 5) is 7.71. The molecule has 0 fully saturated rings. The Morgan fingerprint density at radius 3 is 1.31 bits per heavy atom. The van der Waals surface area contributed by atoms with Crippen molar-refractivity contribution in [3.8, 4) is 0 Å². The lowest BCUT2D eigenvalue weighted by molar-refractivity contribution is 0.590. The number of hydrogen-bond donors (Lipinski definition) is 0. The lowest BCUT2D eigenvalue weighted by atomic mass is 9.33. The summed E-state index contributed by atoms with van der Waals surface area (Å²) in [5.41, 5.74) is 23.5. The maximum atomic E-state index is 2.61. The molecule has 374 valence electrons. The number of benzene rings is 8. The van der Waals surface area contributed by atoms with Gasteiger partial charge in [-0.3, -0.25) is 0 Å². The van der Waals surface area contributed by atoms with Crippen LogP contribution < -0.4 is 31.1 Å². The molecule has 8 aromatic carbocycles. The molecule has 0 radical (unpaired) electrons. The lowest BCUT2D eigenvalue weighted by Crippen LogP contribution is -2.61. The molecule has 2 aliphatic heterocycles. The standard InChI is InChI=1S/C69H75BN4/c1-65(2,3)44-24-33-49(34-25-44)72(50-35-26-45(27-36-50)66(4,5)6)60-43-55-63(64-61(60)53-20-17-18-21-56(53)71(64)16)74(52-39-30-47(31-40-52)68(10,11)12)59-23-19-22-58-62(59)70(55)54-42-48(69(13,14)15)32-41-57(54)73(58)51-37-28-46(29-38-51)67(7,8)9/h17-43H,1-16H3. The van der Waals surface area contributed by atoms with Gasteiger partial charge in [0.15, 0.2) is 0 Å². The average molecular weight is 971 g/mol. The highest BCUT2D eigenvalue weighted by Crippen LogP contribution is 2.52. The van der Waals surface area contributed by atoms with Gasteiger partial charge in [0.05, 0.1) is 16.9 Å². The molecule has 2 aliphatic rings. The topological polar surface area (TPSA) is 14.7 Å². The van der Waals surface area contributed by atoms with Gasteiger partial charge in [0.2, 0.25) is 0 Å². The van der Waals surface area contributed by atoms with Gasteiger partial charge in [0.1, 0.15) is 0 Å². The zero-order valence-corrected chi connectivity index (χ0v) is 47.0. The van der Waals surface area contributed by atoms with Crippen LogP contribution in [-0.2, 0) is 34.1 Å². The fourth-order valence-corrected chi connectivity index (χ4v) is 11.8. The first-order valence-electron chi connectivity index (χ1n) is 26.9. The number of fused-ring (bicyclic) bond motifs is 8. The molecule has 0 amide bonds. The van der Waals surface area contributed by atoms with Gasteiger partial charge in [0.25, 0.3) is 6.71 Å². The average Bonchev–Trinajstić information content (AvgIpc) is 3.65. The fourth-order valence-electron chi connectivity index (χ4n) is 11.8. The molecule has 0 unspecified atom stereocenters. The van der Waals surface area contributed by atoms with Crippen molar-refractivity contribution in [2.75, 3.05) is 14.7 Å². The van der Waals surface area contributed by atoms with E-state index >= 15 is 0 Å². The van der Waals surface area contributed by atoms with Gasteiger partial charge in [-0.15, -0.1) is 0 Å². The second-order valence-corrected chi connectivity index (χ2v) is 26.5. The van der Waals surface area contributed by atoms with Crippen molar-refractivity contribution in [1.82, 2.24) is 4.57 Å². The highest BCUT2D eigenvalue weighted by Gasteiger charge is 2.46. The van der Waals surface area contributed by atoms with Crippen LogP contribution in [0.4, 0.5) is 51.2 Å². The van der Waals surface area contributed by atoms with Gasteiger partial charge >= 0.3 is 0 Å². The van der Waals surface area contributed by atoms with Gasteiger partial charge in [-0.05, 0) is 150 Å². The van der Waals surface area contributed by atoms with E-state index in [1.165, 1.54) is 94.4 Å². The molecule has 0 saturated carbocycles. The third-order valence-electron chi connectivity index (χ3n) is 16.2. The number of nitrogens with zero attached hydrogens (tertiary/aromatic N) is 4. The van der Waals surface area contributed by atoms with Gasteiger partial charge in [-0.2, -0.15) is 0 Å². The summed E-state index contributed by atoms with van der Waals surface area (Å²) in [6.07, 6.45) is 0. The monoisotopic (exact) mass is 971 g/mol. The summed E-state index contributed by atoms with van der Waals surface area (Å²) >= 11 is 0. The Bertz CT molecular complexity index is 3560. The minimum Gasteiger partial charge on any atom is -0.342 e. The Morgan fingerprint density at radius 2 is 0.824 bits per heavy atom. The molecule has 0 saturated heterocycles. The number of rotatable bonds is 5.